The van der Waals surface area contributed by atoms with Crippen LogP contribution in [-0.4, -0.2) is 18.0 Å². The van der Waals surface area contributed by atoms with Gasteiger partial charge < -0.3 is 10.2 Å². The first kappa shape index (κ1) is 11.5. The molecule has 0 radical (unpaired) electrons. The Kier molecular flexibility index (Phi) is 2.70. The standard InChI is InChI=1S/C12H15BrN2O/c1-8(16)15-11-5-4-9(13)6-10(11)14-7-12(15,2)3/h4-6,14H,7H2,1-3H3. The number of nitrogens with zero attached hydrogens (tertiary/aromatic N) is 1. The molecule has 1 aliphatic rings. The first-order valence-electron chi connectivity index (χ1n) is 5.26. The van der Waals surface area contributed by atoms with Crippen LogP contribution in [0, 0.1) is 0 Å². The van der Waals surface area contributed by atoms with E-state index in [2.05, 4.69) is 35.1 Å². The zero-order chi connectivity index (χ0) is 11.9. The molecule has 1 N–H and O–H groups in total. The van der Waals surface area contributed by atoms with Gasteiger partial charge >= 0.3 is 0 Å². The van der Waals surface area contributed by atoms with Crippen molar-refractivity contribution in [2.24, 2.45) is 0 Å². The van der Waals surface area contributed by atoms with Gasteiger partial charge in [0.2, 0.25) is 5.91 Å². The van der Waals surface area contributed by atoms with Crippen LogP contribution in [0.2, 0.25) is 0 Å². The first-order chi connectivity index (χ1) is 7.42. The molecule has 0 saturated carbocycles. The third kappa shape index (κ3) is 1.82. The van der Waals surface area contributed by atoms with E-state index < -0.39 is 0 Å². The topological polar surface area (TPSA) is 32.3 Å². The van der Waals surface area contributed by atoms with Gasteiger partial charge in [-0.05, 0) is 32.0 Å². The maximum atomic E-state index is 11.7. The lowest BCUT2D eigenvalue weighted by Crippen LogP contribution is -2.54. The minimum absolute atomic E-state index is 0.0788. The SMILES string of the molecule is CC(=O)N1c2ccc(Br)cc2NCC1(C)C. The number of rotatable bonds is 0. The minimum atomic E-state index is -0.188. The van der Waals surface area contributed by atoms with Crippen LogP contribution in [0.15, 0.2) is 22.7 Å². The Balaban J connectivity index is 2.54. The first-order valence-corrected chi connectivity index (χ1v) is 6.05. The number of carbonyl (C=O) groups excluding carboxylic acids is 1. The van der Waals surface area contributed by atoms with Crippen molar-refractivity contribution in [1.29, 1.82) is 0 Å². The van der Waals surface area contributed by atoms with Crippen molar-refractivity contribution in [3.8, 4) is 0 Å². The predicted molar refractivity (Wildman–Crippen MR) is 69.9 cm³/mol. The molecule has 0 unspecified atom stereocenters. The van der Waals surface area contributed by atoms with Gasteiger partial charge in [-0.25, -0.2) is 0 Å². The van der Waals surface area contributed by atoms with Gasteiger partial charge in [-0.2, -0.15) is 0 Å². The van der Waals surface area contributed by atoms with Crippen LogP contribution in [0.3, 0.4) is 0 Å². The van der Waals surface area contributed by atoms with Crippen molar-refractivity contribution >= 4 is 33.2 Å². The third-order valence-electron chi connectivity index (χ3n) is 2.83. The van der Waals surface area contributed by atoms with Crippen molar-refractivity contribution in [3.63, 3.8) is 0 Å². The van der Waals surface area contributed by atoms with Gasteiger partial charge in [-0.15, -0.1) is 0 Å². The van der Waals surface area contributed by atoms with Crippen LogP contribution < -0.4 is 10.2 Å². The summed E-state index contributed by atoms with van der Waals surface area (Å²) in [7, 11) is 0. The molecular formula is C12H15BrN2O. The Labute approximate surface area is 104 Å². The number of hydrogen-bond acceptors (Lipinski definition) is 2. The highest BCUT2D eigenvalue weighted by Crippen LogP contribution is 2.37. The summed E-state index contributed by atoms with van der Waals surface area (Å²) in [6, 6.07) is 5.92. The second-order valence-corrected chi connectivity index (χ2v) is 5.60. The molecule has 0 saturated heterocycles. The number of carbonyl (C=O) groups is 1. The van der Waals surface area contributed by atoms with E-state index >= 15 is 0 Å². The normalized spacial score (nSPS) is 17.6. The van der Waals surface area contributed by atoms with Crippen molar-refractivity contribution < 1.29 is 4.79 Å². The van der Waals surface area contributed by atoms with Gasteiger partial charge in [0.05, 0.1) is 16.9 Å². The van der Waals surface area contributed by atoms with Crippen LogP contribution in [0.1, 0.15) is 20.8 Å². The second-order valence-electron chi connectivity index (χ2n) is 4.68. The van der Waals surface area contributed by atoms with E-state index in [4.69, 9.17) is 0 Å². The predicted octanol–water partition coefficient (Wildman–Crippen LogP) is 3.01. The molecule has 1 aromatic rings. The minimum Gasteiger partial charge on any atom is -0.381 e. The van der Waals surface area contributed by atoms with E-state index in [1.54, 1.807) is 6.92 Å². The van der Waals surface area contributed by atoms with Crippen LogP contribution in [-0.2, 0) is 4.79 Å². The number of fused-ring (bicyclic) bond motifs is 1. The van der Waals surface area contributed by atoms with Gasteiger partial charge in [-0.3, -0.25) is 4.79 Å². The molecular weight excluding hydrogens is 268 g/mol. The lowest BCUT2D eigenvalue weighted by Gasteiger charge is -2.43. The number of amides is 1. The molecule has 2 rings (SSSR count). The number of benzene rings is 1. The van der Waals surface area contributed by atoms with Gasteiger partial charge in [0.25, 0.3) is 0 Å². The molecule has 0 aromatic heterocycles. The molecule has 0 bridgehead atoms. The van der Waals surface area contributed by atoms with Crippen LogP contribution in [0.5, 0.6) is 0 Å². The zero-order valence-electron chi connectivity index (χ0n) is 9.67. The maximum absolute atomic E-state index is 11.7. The summed E-state index contributed by atoms with van der Waals surface area (Å²) in [6.45, 7) is 6.49. The fraction of sp³-hybridized carbons (Fsp3) is 0.417. The second kappa shape index (κ2) is 3.77. The Morgan fingerprint density at radius 2 is 2.19 bits per heavy atom. The Morgan fingerprint density at radius 3 is 2.81 bits per heavy atom. The van der Waals surface area contributed by atoms with E-state index in [0.29, 0.717) is 0 Å². The number of hydrogen-bond donors (Lipinski definition) is 1. The molecule has 3 nitrogen and oxygen atoms in total. The van der Waals surface area contributed by atoms with E-state index in [1.807, 2.05) is 23.1 Å². The smallest absolute Gasteiger partial charge is 0.224 e. The highest BCUT2D eigenvalue weighted by molar-refractivity contribution is 9.10. The molecule has 1 heterocycles. The van der Waals surface area contributed by atoms with E-state index in [-0.39, 0.29) is 11.4 Å². The summed E-state index contributed by atoms with van der Waals surface area (Å²) in [5.74, 6) is 0.0788. The molecule has 4 heteroatoms. The van der Waals surface area contributed by atoms with Gasteiger partial charge in [0.15, 0.2) is 0 Å². The summed E-state index contributed by atoms with van der Waals surface area (Å²) < 4.78 is 1.02. The number of anilines is 2. The number of nitrogens with one attached hydrogen (secondary N) is 1. The maximum Gasteiger partial charge on any atom is 0.224 e. The molecule has 0 atom stereocenters. The summed E-state index contributed by atoms with van der Waals surface area (Å²) in [5, 5.41) is 3.35. The molecule has 1 aromatic carbocycles. The summed E-state index contributed by atoms with van der Waals surface area (Å²) in [5.41, 5.74) is 1.77. The van der Waals surface area contributed by atoms with Crippen LogP contribution in [0.25, 0.3) is 0 Å². The highest BCUT2D eigenvalue weighted by atomic mass is 79.9. The molecule has 0 aliphatic carbocycles. The van der Waals surface area contributed by atoms with Crippen molar-refractivity contribution in [3.05, 3.63) is 22.7 Å². The zero-order valence-corrected chi connectivity index (χ0v) is 11.3. The molecule has 86 valence electrons. The summed E-state index contributed by atoms with van der Waals surface area (Å²) >= 11 is 3.43. The Hall–Kier alpha value is -1.03. The molecule has 0 spiro atoms. The monoisotopic (exact) mass is 282 g/mol. The van der Waals surface area contributed by atoms with Crippen molar-refractivity contribution in [1.82, 2.24) is 0 Å². The van der Waals surface area contributed by atoms with Gasteiger partial charge in [-0.1, -0.05) is 15.9 Å². The largest absolute Gasteiger partial charge is 0.381 e. The third-order valence-corrected chi connectivity index (χ3v) is 3.32. The van der Waals surface area contributed by atoms with Crippen LogP contribution >= 0.6 is 15.9 Å². The highest BCUT2D eigenvalue weighted by Gasteiger charge is 2.35. The summed E-state index contributed by atoms with van der Waals surface area (Å²) in [4.78, 5) is 13.6. The number of halogens is 1. The quantitative estimate of drug-likeness (QED) is 0.793. The van der Waals surface area contributed by atoms with Gasteiger partial charge in [0.1, 0.15) is 0 Å². The average molecular weight is 283 g/mol. The van der Waals surface area contributed by atoms with Gasteiger partial charge in [0, 0.05) is 17.9 Å². The molecule has 0 fully saturated rings. The fourth-order valence-electron chi connectivity index (χ4n) is 2.16. The molecule has 1 aliphatic heterocycles. The average Bonchev–Trinajstić information content (AvgIpc) is 2.16. The summed E-state index contributed by atoms with van der Waals surface area (Å²) in [6.07, 6.45) is 0. The lowest BCUT2D eigenvalue weighted by atomic mass is 9.97. The lowest BCUT2D eigenvalue weighted by molar-refractivity contribution is -0.117. The van der Waals surface area contributed by atoms with E-state index in [0.717, 1.165) is 22.4 Å². The van der Waals surface area contributed by atoms with E-state index in [9.17, 15) is 4.79 Å². The fourth-order valence-corrected chi connectivity index (χ4v) is 2.52. The Bertz CT molecular complexity index is 443. The Morgan fingerprint density at radius 1 is 1.50 bits per heavy atom. The van der Waals surface area contributed by atoms with E-state index in [1.165, 1.54) is 0 Å². The van der Waals surface area contributed by atoms with Crippen molar-refractivity contribution in [2.75, 3.05) is 16.8 Å². The van der Waals surface area contributed by atoms with Crippen LogP contribution in [0.4, 0.5) is 11.4 Å². The molecule has 16 heavy (non-hydrogen) atoms. The van der Waals surface area contributed by atoms with Crippen molar-refractivity contribution in [2.45, 2.75) is 26.3 Å². The molecule has 1 amide bonds.